The molecule has 2 heterocycles. The molecule has 0 atom stereocenters. The minimum Gasteiger partial charge on any atom is -0.379 e. The third-order valence-electron chi connectivity index (χ3n) is 5.14. The maximum atomic E-state index is 14.3. The van der Waals surface area contributed by atoms with Crippen molar-refractivity contribution in [3.63, 3.8) is 0 Å². The van der Waals surface area contributed by atoms with Gasteiger partial charge in [-0.3, -0.25) is 14.5 Å². The van der Waals surface area contributed by atoms with Crippen LogP contribution < -0.4 is 5.32 Å². The number of ether oxygens (including phenoxy) is 1. The van der Waals surface area contributed by atoms with Gasteiger partial charge in [0.05, 0.1) is 13.2 Å². The molecule has 1 saturated heterocycles. The van der Waals surface area contributed by atoms with Crippen LogP contribution in [0.25, 0.3) is 5.70 Å². The molecular weight excluding hydrogens is 425 g/mol. The van der Waals surface area contributed by atoms with Gasteiger partial charge in [0.15, 0.2) is 0 Å². The molecule has 2 amide bonds. The Morgan fingerprint density at radius 3 is 2.48 bits per heavy atom. The van der Waals surface area contributed by atoms with Crippen molar-refractivity contribution in [2.75, 3.05) is 38.2 Å². The van der Waals surface area contributed by atoms with E-state index in [-0.39, 0.29) is 44.4 Å². The monoisotopic (exact) mass is 445 g/mol. The number of hydrogen-bond donors (Lipinski definition) is 1. The van der Waals surface area contributed by atoms with Gasteiger partial charge in [0.2, 0.25) is 15.9 Å². The van der Waals surface area contributed by atoms with Gasteiger partial charge in [0.25, 0.3) is 5.91 Å². The second kappa shape index (κ2) is 8.22. The lowest BCUT2D eigenvalue weighted by atomic mass is 10.1. The van der Waals surface area contributed by atoms with Gasteiger partial charge in [-0.15, -0.1) is 0 Å². The summed E-state index contributed by atoms with van der Waals surface area (Å²) in [6, 6.07) is 10.2. The van der Waals surface area contributed by atoms with Crippen molar-refractivity contribution in [2.24, 2.45) is 0 Å². The molecule has 0 aromatic heterocycles. The number of carbonyl (C=O) groups is 2. The summed E-state index contributed by atoms with van der Waals surface area (Å²) in [6.45, 7) is 4.27. The number of nitrogens with zero attached hydrogens (tertiary/aromatic N) is 2. The molecule has 0 aliphatic carbocycles. The van der Waals surface area contributed by atoms with Gasteiger partial charge in [-0.2, -0.15) is 4.31 Å². The molecule has 2 aromatic carbocycles. The Labute approximate surface area is 179 Å². The first-order chi connectivity index (χ1) is 14.8. The van der Waals surface area contributed by atoms with E-state index in [1.165, 1.54) is 11.0 Å². The molecule has 0 unspecified atom stereocenters. The molecule has 162 valence electrons. The Kier molecular flexibility index (Phi) is 5.61. The first-order valence-corrected chi connectivity index (χ1v) is 11.0. The number of benzene rings is 2. The highest BCUT2D eigenvalue weighted by atomic mass is 32.2. The summed E-state index contributed by atoms with van der Waals surface area (Å²) >= 11 is 0. The normalized spacial score (nSPS) is 17.0. The van der Waals surface area contributed by atoms with Crippen molar-refractivity contribution >= 4 is 33.2 Å². The maximum absolute atomic E-state index is 14.3. The highest BCUT2D eigenvalue weighted by Gasteiger charge is 2.32. The van der Waals surface area contributed by atoms with Crippen LogP contribution >= 0.6 is 0 Å². The first kappa shape index (κ1) is 21.2. The van der Waals surface area contributed by atoms with E-state index in [2.05, 4.69) is 11.9 Å². The number of nitrogens with one attached hydrogen (secondary N) is 1. The molecule has 8 nitrogen and oxygen atoms in total. The third-order valence-corrected chi connectivity index (χ3v) is 7.06. The van der Waals surface area contributed by atoms with Crippen molar-refractivity contribution in [1.29, 1.82) is 0 Å². The number of morpholine rings is 1. The number of carbonyl (C=O) groups excluding carboxylic acids is 2. The van der Waals surface area contributed by atoms with Crippen molar-refractivity contribution in [1.82, 2.24) is 9.21 Å². The highest BCUT2D eigenvalue weighted by Crippen LogP contribution is 2.31. The summed E-state index contributed by atoms with van der Waals surface area (Å²) < 4.78 is 46.2. The van der Waals surface area contributed by atoms with Crippen LogP contribution in [0.4, 0.5) is 10.1 Å². The number of rotatable bonds is 5. The fraction of sp³-hybridized carbons (Fsp3) is 0.238. The van der Waals surface area contributed by atoms with Crippen LogP contribution in [0.15, 0.2) is 53.9 Å². The van der Waals surface area contributed by atoms with E-state index in [1.807, 2.05) is 0 Å². The Balaban J connectivity index is 1.50. The lowest BCUT2D eigenvalue weighted by Gasteiger charge is -2.26. The molecule has 0 saturated carbocycles. The van der Waals surface area contributed by atoms with Crippen LogP contribution in [0, 0.1) is 5.82 Å². The van der Waals surface area contributed by atoms with E-state index in [0.29, 0.717) is 16.8 Å². The first-order valence-electron chi connectivity index (χ1n) is 9.56. The number of amides is 2. The van der Waals surface area contributed by atoms with Crippen LogP contribution in [-0.2, 0) is 19.6 Å². The zero-order valence-corrected chi connectivity index (χ0v) is 17.3. The Morgan fingerprint density at radius 2 is 1.81 bits per heavy atom. The lowest BCUT2D eigenvalue weighted by Crippen LogP contribution is -2.41. The van der Waals surface area contributed by atoms with Gasteiger partial charge in [-0.05, 0) is 24.3 Å². The van der Waals surface area contributed by atoms with Crippen molar-refractivity contribution in [3.05, 3.63) is 66.0 Å². The molecule has 10 heteroatoms. The number of hydrogen-bond acceptors (Lipinski definition) is 5. The zero-order chi connectivity index (χ0) is 22.2. The zero-order valence-electron chi connectivity index (χ0n) is 16.5. The van der Waals surface area contributed by atoms with Crippen LogP contribution in [0.5, 0.6) is 0 Å². The molecule has 0 radical (unpaired) electrons. The van der Waals surface area contributed by atoms with E-state index in [9.17, 15) is 22.4 Å². The second-order valence-electron chi connectivity index (χ2n) is 7.09. The van der Waals surface area contributed by atoms with Crippen LogP contribution in [0.2, 0.25) is 0 Å². The minimum absolute atomic E-state index is 0.105. The van der Waals surface area contributed by atoms with Crippen molar-refractivity contribution in [3.8, 4) is 0 Å². The summed E-state index contributed by atoms with van der Waals surface area (Å²) in [5.41, 5.74) is 1.63. The van der Waals surface area contributed by atoms with Crippen LogP contribution in [0.1, 0.15) is 15.9 Å². The van der Waals surface area contributed by atoms with E-state index in [0.717, 1.165) is 16.4 Å². The van der Waals surface area contributed by atoms with Gasteiger partial charge in [0.1, 0.15) is 17.3 Å². The van der Waals surface area contributed by atoms with E-state index in [4.69, 9.17) is 4.74 Å². The van der Waals surface area contributed by atoms with E-state index >= 15 is 0 Å². The standard InChI is InChI=1S/C21H20FN3O5S/c1-14-16-4-2-3-5-17(16)21(27)25(14)13-20(26)23-15-6-7-18(22)19(12-15)31(28,29)24-8-10-30-11-9-24/h2-7,12H,1,8-11,13H2,(H,23,26). The average Bonchev–Trinajstić information content (AvgIpc) is 3.00. The smallest absolute Gasteiger partial charge is 0.259 e. The molecule has 2 aliphatic rings. The third kappa shape index (κ3) is 3.97. The van der Waals surface area contributed by atoms with Crippen LogP contribution in [-0.4, -0.2) is 62.3 Å². The SMILES string of the molecule is C=C1c2ccccc2C(=O)N1CC(=O)Nc1ccc(F)c(S(=O)(=O)N2CCOCC2)c1. The number of halogens is 1. The Morgan fingerprint density at radius 1 is 1.13 bits per heavy atom. The maximum Gasteiger partial charge on any atom is 0.259 e. The van der Waals surface area contributed by atoms with E-state index < -0.39 is 26.6 Å². The van der Waals surface area contributed by atoms with Gasteiger partial charge < -0.3 is 10.1 Å². The van der Waals surface area contributed by atoms with Gasteiger partial charge in [0, 0.05) is 35.6 Å². The van der Waals surface area contributed by atoms with Crippen molar-refractivity contribution in [2.45, 2.75) is 4.90 Å². The van der Waals surface area contributed by atoms with Gasteiger partial charge in [-0.25, -0.2) is 12.8 Å². The molecule has 0 bridgehead atoms. The lowest BCUT2D eigenvalue weighted by molar-refractivity contribution is -0.116. The summed E-state index contributed by atoms with van der Waals surface area (Å²) in [5, 5.41) is 2.53. The predicted molar refractivity (Wildman–Crippen MR) is 111 cm³/mol. The van der Waals surface area contributed by atoms with Crippen molar-refractivity contribution < 1.29 is 27.1 Å². The molecule has 4 rings (SSSR count). The molecule has 2 aromatic rings. The molecule has 2 aliphatic heterocycles. The topological polar surface area (TPSA) is 96.0 Å². The molecule has 1 fully saturated rings. The van der Waals surface area contributed by atoms with Gasteiger partial charge >= 0.3 is 0 Å². The molecular formula is C21H20FN3O5S. The van der Waals surface area contributed by atoms with Gasteiger partial charge in [-0.1, -0.05) is 24.8 Å². The highest BCUT2D eigenvalue weighted by molar-refractivity contribution is 7.89. The fourth-order valence-corrected chi connectivity index (χ4v) is 5.05. The Hall–Kier alpha value is -3.08. The quantitative estimate of drug-likeness (QED) is 0.759. The summed E-state index contributed by atoms with van der Waals surface area (Å²) in [4.78, 5) is 25.8. The minimum atomic E-state index is -4.08. The summed E-state index contributed by atoms with van der Waals surface area (Å²) in [6.07, 6.45) is 0. The molecule has 1 N–H and O–H groups in total. The summed E-state index contributed by atoms with van der Waals surface area (Å²) in [5.74, 6) is -1.82. The number of anilines is 1. The molecule has 0 spiro atoms. The Bertz CT molecular complexity index is 1140. The van der Waals surface area contributed by atoms with E-state index in [1.54, 1.807) is 24.3 Å². The number of fused-ring (bicyclic) bond motifs is 1. The number of sulfonamides is 1. The predicted octanol–water partition coefficient (Wildman–Crippen LogP) is 1.91. The largest absolute Gasteiger partial charge is 0.379 e. The summed E-state index contributed by atoms with van der Waals surface area (Å²) in [7, 11) is -4.08. The second-order valence-corrected chi connectivity index (χ2v) is 9.00. The van der Waals surface area contributed by atoms with Crippen LogP contribution in [0.3, 0.4) is 0 Å². The fourth-order valence-electron chi connectivity index (χ4n) is 3.55. The average molecular weight is 445 g/mol. The molecule has 31 heavy (non-hydrogen) atoms.